The number of urea groups is 1. The molecule has 2 aromatic rings. The topological polar surface area (TPSA) is 52.6 Å². The van der Waals surface area contributed by atoms with Crippen molar-refractivity contribution in [3.8, 4) is 0 Å². The lowest BCUT2D eigenvalue weighted by Crippen LogP contribution is -2.53. The average Bonchev–Trinajstić information content (AvgIpc) is 2.68. The molecular weight excluding hydrogens is 350 g/mol. The van der Waals surface area contributed by atoms with E-state index in [1.807, 2.05) is 21.9 Å². The Balaban J connectivity index is 1.39. The number of pyridine rings is 2. The van der Waals surface area contributed by atoms with Crippen LogP contribution in [0, 0.1) is 0 Å². The van der Waals surface area contributed by atoms with Gasteiger partial charge in [-0.25, -0.2) is 14.8 Å². The number of likely N-dealkylation sites (tertiary alicyclic amines) is 1. The number of carbonyl (C=O) groups excluding carboxylic acids is 1. The lowest BCUT2D eigenvalue weighted by Gasteiger charge is -2.38. The number of likely N-dealkylation sites (N-methyl/N-ethyl adjacent to an activating group) is 1. The van der Waals surface area contributed by atoms with E-state index >= 15 is 0 Å². The molecule has 26 heavy (non-hydrogen) atoms. The summed E-state index contributed by atoms with van der Waals surface area (Å²) in [6.45, 7) is 5.17. The van der Waals surface area contributed by atoms with E-state index in [-0.39, 0.29) is 6.03 Å². The third kappa shape index (κ3) is 3.62. The van der Waals surface area contributed by atoms with Gasteiger partial charge in [-0.3, -0.25) is 0 Å². The van der Waals surface area contributed by atoms with Crippen molar-refractivity contribution in [3.05, 3.63) is 35.1 Å². The number of nitrogens with zero attached hydrogens (tertiary/aromatic N) is 5. The van der Waals surface area contributed by atoms with Gasteiger partial charge in [0.2, 0.25) is 0 Å². The molecule has 2 amide bonds. The molecule has 0 unspecified atom stereocenters. The molecule has 0 N–H and O–H groups in total. The minimum absolute atomic E-state index is 0.194. The fourth-order valence-corrected chi connectivity index (χ4v) is 3.96. The standard InChI is InChI=1S/C19H24ClN5O/c1-23-8-10-25(11-9-23)19(26)24-6-4-14(5-7-24)17-3-2-15-12-16(20)13-21-18(15)22-17/h2-3,12-14H,4-11H2,1H3. The van der Waals surface area contributed by atoms with E-state index in [4.69, 9.17) is 16.6 Å². The zero-order chi connectivity index (χ0) is 18.1. The van der Waals surface area contributed by atoms with Gasteiger partial charge >= 0.3 is 6.03 Å². The van der Waals surface area contributed by atoms with E-state index in [0.717, 1.165) is 68.8 Å². The van der Waals surface area contributed by atoms with E-state index < -0.39 is 0 Å². The lowest BCUT2D eigenvalue weighted by atomic mass is 9.93. The summed E-state index contributed by atoms with van der Waals surface area (Å²) in [6, 6.07) is 6.19. The Labute approximate surface area is 158 Å². The number of hydrogen-bond acceptors (Lipinski definition) is 4. The van der Waals surface area contributed by atoms with Crippen LogP contribution >= 0.6 is 11.6 Å². The highest BCUT2D eigenvalue weighted by Gasteiger charge is 2.29. The minimum Gasteiger partial charge on any atom is -0.325 e. The monoisotopic (exact) mass is 373 g/mol. The molecule has 2 saturated heterocycles. The number of halogens is 1. The maximum absolute atomic E-state index is 12.7. The van der Waals surface area contributed by atoms with Crippen molar-refractivity contribution in [2.24, 2.45) is 0 Å². The molecule has 2 aromatic heterocycles. The Morgan fingerprint density at radius 2 is 1.77 bits per heavy atom. The molecule has 4 heterocycles. The van der Waals surface area contributed by atoms with Crippen molar-refractivity contribution in [2.75, 3.05) is 46.3 Å². The smallest absolute Gasteiger partial charge is 0.320 e. The van der Waals surface area contributed by atoms with Gasteiger partial charge in [0.15, 0.2) is 5.65 Å². The molecule has 0 atom stereocenters. The Hall–Kier alpha value is -1.92. The number of piperazine rings is 1. The van der Waals surface area contributed by atoms with Gasteiger partial charge in [-0.1, -0.05) is 11.6 Å². The van der Waals surface area contributed by atoms with Crippen LogP contribution in [0.3, 0.4) is 0 Å². The van der Waals surface area contributed by atoms with E-state index in [0.29, 0.717) is 10.9 Å². The minimum atomic E-state index is 0.194. The molecule has 138 valence electrons. The molecule has 2 aliphatic rings. The van der Waals surface area contributed by atoms with E-state index in [9.17, 15) is 4.79 Å². The summed E-state index contributed by atoms with van der Waals surface area (Å²) in [5.74, 6) is 0.383. The van der Waals surface area contributed by atoms with Crippen molar-refractivity contribution >= 4 is 28.7 Å². The quantitative estimate of drug-likeness (QED) is 0.771. The third-order valence-electron chi connectivity index (χ3n) is 5.49. The van der Waals surface area contributed by atoms with Crippen LogP contribution in [0.5, 0.6) is 0 Å². The molecule has 0 aromatic carbocycles. The predicted octanol–water partition coefficient (Wildman–Crippen LogP) is 2.83. The van der Waals surface area contributed by atoms with Crippen molar-refractivity contribution in [3.63, 3.8) is 0 Å². The molecule has 0 aliphatic carbocycles. The van der Waals surface area contributed by atoms with Gasteiger partial charge < -0.3 is 14.7 Å². The van der Waals surface area contributed by atoms with E-state index in [1.165, 1.54) is 0 Å². The number of carbonyl (C=O) groups is 1. The van der Waals surface area contributed by atoms with Crippen molar-refractivity contribution in [1.29, 1.82) is 0 Å². The molecule has 4 rings (SSSR count). The molecule has 2 fully saturated rings. The van der Waals surface area contributed by atoms with Crippen molar-refractivity contribution in [2.45, 2.75) is 18.8 Å². The fourth-order valence-electron chi connectivity index (χ4n) is 3.79. The highest BCUT2D eigenvalue weighted by molar-refractivity contribution is 6.31. The molecule has 7 heteroatoms. The first kappa shape index (κ1) is 17.5. The van der Waals surface area contributed by atoms with Crippen LogP contribution in [-0.4, -0.2) is 77.0 Å². The first-order chi connectivity index (χ1) is 12.6. The summed E-state index contributed by atoms with van der Waals surface area (Å²) < 4.78 is 0. The fraction of sp³-hybridized carbons (Fsp3) is 0.526. The first-order valence-corrected chi connectivity index (χ1v) is 9.62. The number of fused-ring (bicyclic) bond motifs is 1. The summed E-state index contributed by atoms with van der Waals surface area (Å²) in [5.41, 5.74) is 1.81. The van der Waals surface area contributed by atoms with Gasteiger partial charge in [-0.05, 0) is 38.1 Å². The van der Waals surface area contributed by atoms with E-state index in [2.05, 4.69) is 23.0 Å². The Morgan fingerprint density at radius 3 is 2.50 bits per heavy atom. The highest BCUT2D eigenvalue weighted by Crippen LogP contribution is 2.28. The zero-order valence-corrected chi connectivity index (χ0v) is 15.8. The van der Waals surface area contributed by atoms with Crippen molar-refractivity contribution in [1.82, 2.24) is 24.7 Å². The van der Waals surface area contributed by atoms with Gasteiger partial charge in [0.05, 0.1) is 5.02 Å². The van der Waals surface area contributed by atoms with Crippen LogP contribution in [0.4, 0.5) is 4.79 Å². The summed E-state index contributed by atoms with van der Waals surface area (Å²) in [7, 11) is 2.10. The number of amides is 2. The number of piperidine rings is 1. The molecular formula is C19H24ClN5O. The second kappa shape index (κ2) is 7.37. The second-order valence-electron chi connectivity index (χ2n) is 7.27. The SMILES string of the molecule is CN1CCN(C(=O)N2CCC(c3ccc4cc(Cl)cnc4n3)CC2)CC1. The van der Waals surface area contributed by atoms with Gasteiger partial charge in [0, 0.05) is 62.5 Å². The molecule has 6 nitrogen and oxygen atoms in total. The largest absolute Gasteiger partial charge is 0.325 e. The summed E-state index contributed by atoms with van der Waals surface area (Å²) in [5, 5.41) is 1.59. The maximum Gasteiger partial charge on any atom is 0.320 e. The Morgan fingerprint density at radius 1 is 1.08 bits per heavy atom. The Kier molecular flexibility index (Phi) is 4.96. The summed E-state index contributed by atoms with van der Waals surface area (Å²) >= 11 is 5.99. The number of hydrogen-bond donors (Lipinski definition) is 0. The van der Waals surface area contributed by atoms with Crippen molar-refractivity contribution < 1.29 is 4.79 Å². The van der Waals surface area contributed by atoms with Gasteiger partial charge in [0.1, 0.15) is 0 Å². The molecule has 2 aliphatic heterocycles. The summed E-state index contributed by atoms with van der Waals surface area (Å²) in [6.07, 6.45) is 3.54. The van der Waals surface area contributed by atoms with Crippen LogP contribution in [0.25, 0.3) is 11.0 Å². The lowest BCUT2D eigenvalue weighted by molar-refractivity contribution is 0.113. The van der Waals surface area contributed by atoms with E-state index in [1.54, 1.807) is 6.20 Å². The molecule has 0 saturated carbocycles. The van der Waals surface area contributed by atoms with Gasteiger partial charge in [0.25, 0.3) is 0 Å². The first-order valence-electron chi connectivity index (χ1n) is 9.25. The summed E-state index contributed by atoms with van der Waals surface area (Å²) in [4.78, 5) is 28.0. The molecule has 0 radical (unpaired) electrons. The van der Waals surface area contributed by atoms with Crippen LogP contribution in [0.15, 0.2) is 24.4 Å². The predicted molar refractivity (Wildman–Crippen MR) is 103 cm³/mol. The van der Waals surface area contributed by atoms with Crippen LogP contribution in [0.1, 0.15) is 24.5 Å². The van der Waals surface area contributed by atoms with Crippen LogP contribution < -0.4 is 0 Å². The average molecular weight is 374 g/mol. The molecule has 0 spiro atoms. The second-order valence-corrected chi connectivity index (χ2v) is 7.71. The molecule has 0 bridgehead atoms. The number of aromatic nitrogens is 2. The zero-order valence-electron chi connectivity index (χ0n) is 15.1. The van der Waals surface area contributed by atoms with Gasteiger partial charge in [-0.15, -0.1) is 0 Å². The number of rotatable bonds is 1. The highest BCUT2D eigenvalue weighted by atomic mass is 35.5. The maximum atomic E-state index is 12.7. The van der Waals surface area contributed by atoms with Crippen LogP contribution in [0.2, 0.25) is 5.02 Å². The van der Waals surface area contributed by atoms with Gasteiger partial charge in [-0.2, -0.15) is 0 Å². The Bertz CT molecular complexity index is 798. The normalized spacial score (nSPS) is 19.9. The third-order valence-corrected chi connectivity index (χ3v) is 5.69. The van der Waals surface area contributed by atoms with Crippen LogP contribution in [-0.2, 0) is 0 Å².